The second-order valence-electron chi connectivity index (χ2n) is 3.97. The van der Waals surface area contributed by atoms with Crippen LogP contribution in [-0.4, -0.2) is 18.2 Å². The lowest BCUT2D eigenvalue weighted by Gasteiger charge is -2.05. The first-order valence-electron chi connectivity index (χ1n) is 5.19. The van der Waals surface area contributed by atoms with Gasteiger partial charge in [-0.05, 0) is 18.1 Å². The maximum atomic E-state index is 13.4. The van der Waals surface area contributed by atoms with E-state index in [9.17, 15) is 4.39 Å². The van der Waals surface area contributed by atoms with Crippen molar-refractivity contribution in [2.24, 2.45) is 0 Å². The minimum Gasteiger partial charge on any atom is -0.381 e. The van der Waals surface area contributed by atoms with Crippen LogP contribution in [0.15, 0.2) is 24.4 Å². The average molecular weight is 205 g/mol. The van der Waals surface area contributed by atoms with Gasteiger partial charge in [0.25, 0.3) is 0 Å². The third kappa shape index (κ3) is 1.35. The summed E-state index contributed by atoms with van der Waals surface area (Å²) in [5.74, 6) is 0.234. The molecule has 2 nitrogen and oxygen atoms in total. The quantitative estimate of drug-likeness (QED) is 0.760. The molecular weight excluding hydrogens is 193 g/mol. The average Bonchev–Trinajstić information content (AvgIpc) is 2.85. The minimum absolute atomic E-state index is 0.183. The normalized spacial score (nSPS) is 21.3. The first kappa shape index (κ1) is 8.92. The van der Waals surface area contributed by atoms with Crippen molar-refractivity contribution < 1.29 is 9.13 Å². The van der Waals surface area contributed by atoms with Gasteiger partial charge in [0, 0.05) is 24.1 Å². The van der Waals surface area contributed by atoms with Crippen LogP contribution in [0.3, 0.4) is 0 Å². The number of para-hydroxylation sites is 1. The molecule has 1 aromatic carbocycles. The first-order valence-corrected chi connectivity index (χ1v) is 5.19. The van der Waals surface area contributed by atoms with Gasteiger partial charge >= 0.3 is 0 Å². The Balaban J connectivity index is 2.15. The Bertz CT molecular complexity index is 485. The van der Waals surface area contributed by atoms with E-state index in [1.807, 2.05) is 12.3 Å². The van der Waals surface area contributed by atoms with E-state index in [0.717, 1.165) is 25.0 Å². The zero-order chi connectivity index (χ0) is 10.3. The maximum Gasteiger partial charge on any atom is 0.147 e. The number of hydrogen-bond acceptors (Lipinski definition) is 1. The fourth-order valence-electron chi connectivity index (χ4n) is 2.26. The third-order valence-electron chi connectivity index (χ3n) is 3.07. The summed E-state index contributed by atoms with van der Waals surface area (Å²) in [5.41, 5.74) is 1.79. The number of aromatic nitrogens is 1. The standard InChI is InChI=1S/C12H12FNO/c13-11-3-1-2-9-10(6-14-12(9)11)8-4-5-15-7-8/h1-3,6,8,14H,4-5,7H2. The fraction of sp³-hybridized carbons (Fsp3) is 0.333. The maximum absolute atomic E-state index is 13.4. The number of nitrogens with one attached hydrogen (secondary N) is 1. The van der Waals surface area contributed by atoms with Crippen LogP contribution in [0.1, 0.15) is 17.9 Å². The Morgan fingerprint density at radius 3 is 3.13 bits per heavy atom. The second kappa shape index (κ2) is 3.35. The molecule has 0 radical (unpaired) electrons. The Morgan fingerprint density at radius 2 is 2.33 bits per heavy atom. The fourth-order valence-corrected chi connectivity index (χ4v) is 2.26. The monoisotopic (exact) mass is 205 g/mol. The summed E-state index contributed by atoms with van der Waals surface area (Å²) >= 11 is 0. The lowest BCUT2D eigenvalue weighted by Crippen LogP contribution is -1.95. The predicted molar refractivity (Wildman–Crippen MR) is 56.4 cm³/mol. The molecule has 1 atom stereocenters. The highest BCUT2D eigenvalue weighted by atomic mass is 19.1. The van der Waals surface area contributed by atoms with Gasteiger partial charge < -0.3 is 9.72 Å². The van der Waals surface area contributed by atoms with Crippen LogP contribution >= 0.6 is 0 Å². The van der Waals surface area contributed by atoms with Crippen LogP contribution in [0.2, 0.25) is 0 Å². The van der Waals surface area contributed by atoms with Gasteiger partial charge in [-0.25, -0.2) is 4.39 Å². The van der Waals surface area contributed by atoms with Gasteiger partial charge in [0.05, 0.1) is 12.1 Å². The molecule has 0 amide bonds. The molecule has 1 aromatic heterocycles. The molecule has 0 aliphatic carbocycles. The summed E-state index contributed by atoms with van der Waals surface area (Å²) < 4.78 is 18.8. The van der Waals surface area contributed by atoms with Gasteiger partial charge in [-0.15, -0.1) is 0 Å². The van der Waals surface area contributed by atoms with Crippen LogP contribution in [0.4, 0.5) is 4.39 Å². The number of H-pyrrole nitrogens is 1. The van der Waals surface area contributed by atoms with Crippen LogP contribution in [-0.2, 0) is 4.74 Å². The molecule has 2 aromatic rings. The predicted octanol–water partition coefficient (Wildman–Crippen LogP) is 2.81. The van der Waals surface area contributed by atoms with Gasteiger partial charge in [0.2, 0.25) is 0 Å². The van der Waals surface area contributed by atoms with Gasteiger partial charge in [-0.3, -0.25) is 0 Å². The zero-order valence-electron chi connectivity index (χ0n) is 8.29. The van der Waals surface area contributed by atoms with Crippen molar-refractivity contribution in [3.63, 3.8) is 0 Å². The highest BCUT2D eigenvalue weighted by Gasteiger charge is 2.21. The Kier molecular flexibility index (Phi) is 1.99. The van der Waals surface area contributed by atoms with E-state index >= 15 is 0 Å². The lowest BCUT2D eigenvalue weighted by molar-refractivity contribution is 0.194. The summed E-state index contributed by atoms with van der Waals surface area (Å²) in [6.07, 6.45) is 2.94. The molecule has 0 bridgehead atoms. The third-order valence-corrected chi connectivity index (χ3v) is 3.07. The summed E-state index contributed by atoms with van der Waals surface area (Å²) in [5, 5.41) is 0.991. The minimum atomic E-state index is -0.183. The molecule has 1 aliphatic rings. The number of ether oxygens (including phenoxy) is 1. The Hall–Kier alpha value is -1.35. The highest BCUT2D eigenvalue weighted by Crippen LogP contribution is 2.31. The molecule has 15 heavy (non-hydrogen) atoms. The Morgan fingerprint density at radius 1 is 1.40 bits per heavy atom. The van der Waals surface area contributed by atoms with Crippen molar-refractivity contribution in [3.05, 3.63) is 35.8 Å². The molecule has 3 heteroatoms. The number of rotatable bonds is 1. The molecule has 1 N–H and O–H groups in total. The summed E-state index contributed by atoms with van der Waals surface area (Å²) in [6, 6.07) is 5.20. The van der Waals surface area contributed by atoms with Crippen molar-refractivity contribution in [1.29, 1.82) is 0 Å². The first-order chi connectivity index (χ1) is 7.36. The van der Waals surface area contributed by atoms with Crippen LogP contribution < -0.4 is 0 Å². The molecule has 3 rings (SSSR count). The number of fused-ring (bicyclic) bond motifs is 1. The number of halogens is 1. The van der Waals surface area contributed by atoms with Gasteiger partial charge in [0.1, 0.15) is 5.82 Å². The van der Waals surface area contributed by atoms with E-state index in [0.29, 0.717) is 11.4 Å². The van der Waals surface area contributed by atoms with Crippen molar-refractivity contribution in [1.82, 2.24) is 4.98 Å². The molecular formula is C12H12FNO. The lowest BCUT2D eigenvalue weighted by atomic mass is 9.98. The molecule has 0 saturated carbocycles. The molecule has 2 heterocycles. The van der Waals surface area contributed by atoms with Crippen molar-refractivity contribution in [2.75, 3.05) is 13.2 Å². The largest absolute Gasteiger partial charge is 0.381 e. The van der Waals surface area contributed by atoms with Crippen molar-refractivity contribution in [2.45, 2.75) is 12.3 Å². The topological polar surface area (TPSA) is 25.0 Å². The van der Waals surface area contributed by atoms with Crippen molar-refractivity contribution in [3.8, 4) is 0 Å². The number of aromatic amines is 1. The van der Waals surface area contributed by atoms with Crippen LogP contribution in [0, 0.1) is 5.82 Å². The van der Waals surface area contributed by atoms with E-state index < -0.39 is 0 Å². The summed E-state index contributed by atoms with van der Waals surface area (Å²) in [7, 11) is 0. The van der Waals surface area contributed by atoms with Gasteiger partial charge in [-0.2, -0.15) is 0 Å². The van der Waals surface area contributed by atoms with E-state index in [-0.39, 0.29) is 5.82 Å². The summed E-state index contributed by atoms with van der Waals surface area (Å²) in [6.45, 7) is 1.57. The molecule has 78 valence electrons. The SMILES string of the molecule is Fc1cccc2c(C3CCOC3)c[nH]c12. The molecule has 1 aliphatic heterocycles. The van der Waals surface area contributed by atoms with Gasteiger partial charge in [-0.1, -0.05) is 12.1 Å². The van der Waals surface area contributed by atoms with E-state index in [4.69, 9.17) is 4.74 Å². The van der Waals surface area contributed by atoms with Crippen LogP contribution in [0.5, 0.6) is 0 Å². The van der Waals surface area contributed by atoms with Crippen LogP contribution in [0.25, 0.3) is 10.9 Å². The number of benzene rings is 1. The highest BCUT2D eigenvalue weighted by molar-refractivity contribution is 5.84. The molecule has 0 spiro atoms. The zero-order valence-corrected chi connectivity index (χ0v) is 8.29. The molecule has 1 saturated heterocycles. The molecule has 1 unspecified atom stereocenters. The molecule has 1 fully saturated rings. The Labute approximate surface area is 87.1 Å². The van der Waals surface area contributed by atoms with E-state index in [1.54, 1.807) is 6.07 Å². The summed E-state index contributed by atoms with van der Waals surface area (Å²) in [4.78, 5) is 3.00. The van der Waals surface area contributed by atoms with E-state index in [2.05, 4.69) is 4.98 Å². The smallest absolute Gasteiger partial charge is 0.147 e. The van der Waals surface area contributed by atoms with Gasteiger partial charge in [0.15, 0.2) is 0 Å². The number of hydrogen-bond donors (Lipinski definition) is 1. The second-order valence-corrected chi connectivity index (χ2v) is 3.97. The van der Waals surface area contributed by atoms with E-state index in [1.165, 1.54) is 11.6 Å². The van der Waals surface area contributed by atoms with Crippen molar-refractivity contribution >= 4 is 10.9 Å².